The summed E-state index contributed by atoms with van der Waals surface area (Å²) >= 11 is 6.61. The molecule has 0 aromatic heterocycles. The normalized spacial score (nSPS) is 25.2. The molecule has 4 rings (SSSR count). The van der Waals surface area contributed by atoms with Gasteiger partial charge in [0.05, 0.1) is 17.0 Å². The Bertz CT molecular complexity index is 1220. The van der Waals surface area contributed by atoms with Crippen LogP contribution in [0.1, 0.15) is 69.2 Å². The molecule has 3 atom stereocenters. The summed E-state index contributed by atoms with van der Waals surface area (Å²) in [4.78, 5) is 43.2. The number of hydrogen-bond donors (Lipinski definition) is 3. The van der Waals surface area contributed by atoms with Gasteiger partial charge < -0.3 is 30.4 Å². The molecule has 0 radical (unpaired) electrons. The van der Waals surface area contributed by atoms with Crippen molar-refractivity contribution < 1.29 is 33.0 Å². The van der Waals surface area contributed by atoms with E-state index in [1.807, 2.05) is 0 Å². The second-order valence-electron chi connectivity index (χ2n) is 11.0. The molecule has 1 aromatic rings. The number of carbonyl (C=O) groups excluding carboxylic acids is 2. The number of benzene rings is 1. The molecular formula is C28H38ClF2N5O5. The van der Waals surface area contributed by atoms with E-state index in [9.17, 15) is 28.3 Å². The van der Waals surface area contributed by atoms with Crippen LogP contribution >= 0.6 is 11.6 Å². The Morgan fingerprint density at radius 2 is 1.98 bits per heavy atom. The number of carboxylic acids is 1. The van der Waals surface area contributed by atoms with E-state index in [0.717, 1.165) is 17.9 Å². The highest BCUT2D eigenvalue weighted by Gasteiger charge is 2.52. The van der Waals surface area contributed by atoms with Crippen LogP contribution in [0.25, 0.3) is 0 Å². The molecule has 226 valence electrons. The summed E-state index contributed by atoms with van der Waals surface area (Å²) < 4.78 is 33.1. The van der Waals surface area contributed by atoms with Gasteiger partial charge in [-0.05, 0) is 49.8 Å². The van der Waals surface area contributed by atoms with Gasteiger partial charge in [0.2, 0.25) is 11.8 Å². The molecular weight excluding hydrogens is 560 g/mol. The number of aliphatic carboxylic acids is 1. The van der Waals surface area contributed by atoms with Gasteiger partial charge in [-0.1, -0.05) is 31.4 Å². The first-order valence-corrected chi connectivity index (χ1v) is 14.3. The van der Waals surface area contributed by atoms with Gasteiger partial charge >= 0.3 is 5.97 Å². The number of hydrogen-bond acceptors (Lipinski definition) is 7. The zero-order valence-corrected chi connectivity index (χ0v) is 24.1. The molecule has 3 aliphatic rings. The number of nitrogens with two attached hydrogens (primary N) is 2. The molecule has 10 nitrogen and oxygen atoms in total. The highest BCUT2D eigenvalue weighted by atomic mass is 35.5. The number of nitrogens with zero attached hydrogens (tertiary/aromatic N) is 3. The second-order valence-corrected chi connectivity index (χ2v) is 11.4. The van der Waals surface area contributed by atoms with Crippen LogP contribution in [-0.4, -0.2) is 70.9 Å². The minimum absolute atomic E-state index is 0.153. The Labute approximate surface area is 243 Å². The summed E-state index contributed by atoms with van der Waals surface area (Å²) in [5.41, 5.74) is 5.04. The number of allylic oxidation sites excluding steroid dienone is 1. The number of carbonyl (C=O) groups is 3. The van der Waals surface area contributed by atoms with E-state index in [2.05, 4.69) is 0 Å². The lowest BCUT2D eigenvalue weighted by molar-refractivity contribution is -0.167. The monoisotopic (exact) mass is 597 g/mol. The lowest BCUT2D eigenvalue weighted by atomic mass is 9.64. The second kappa shape index (κ2) is 12.4. The van der Waals surface area contributed by atoms with Crippen molar-refractivity contribution in [3.8, 4) is 5.75 Å². The molecule has 0 bridgehead atoms. The molecule has 2 heterocycles. The third-order valence-electron chi connectivity index (χ3n) is 8.79. The van der Waals surface area contributed by atoms with Crippen LogP contribution < -0.4 is 16.3 Å². The Kier molecular flexibility index (Phi) is 9.32. The van der Waals surface area contributed by atoms with Crippen molar-refractivity contribution >= 4 is 29.4 Å². The topological polar surface area (TPSA) is 142 Å². The molecule has 5 N–H and O–H groups in total. The van der Waals surface area contributed by atoms with E-state index in [0.29, 0.717) is 61.2 Å². The van der Waals surface area contributed by atoms with Gasteiger partial charge in [-0.15, -0.1) is 0 Å². The average Bonchev–Trinajstić information content (AvgIpc) is 3.36. The van der Waals surface area contributed by atoms with Gasteiger partial charge in [0.15, 0.2) is 0 Å². The minimum atomic E-state index is -2.93. The van der Waals surface area contributed by atoms with Gasteiger partial charge in [0, 0.05) is 37.1 Å². The van der Waals surface area contributed by atoms with Crippen LogP contribution in [0.15, 0.2) is 23.5 Å². The maximum Gasteiger partial charge on any atom is 0.310 e. The summed E-state index contributed by atoms with van der Waals surface area (Å²) in [6.07, 6.45) is 0.0242. The van der Waals surface area contributed by atoms with Crippen LogP contribution in [0.2, 0.25) is 5.02 Å². The summed E-state index contributed by atoms with van der Waals surface area (Å²) in [5, 5.41) is 11.4. The van der Waals surface area contributed by atoms with Crippen molar-refractivity contribution in [2.24, 2.45) is 22.9 Å². The quantitative estimate of drug-likeness (QED) is 0.289. The Morgan fingerprint density at radius 3 is 2.56 bits per heavy atom. The standard InChI is InChI=1S/C28H38ClF2N5O5/c1-3-28(27(39)40)12-5-4-7-17(28)26(38)36-14-11-16-18(29)9-10-20(22(16)25(36)35-13-6-8-21(35)37)41-15-19(32)23(24(30)31)34(2)33/h9-10,17,24-25H,3-8,11-15,32-33H2,1-2H3,(H,39,40)/b23-19-/t17-,25?,28-/m0/s1. The molecule has 1 saturated heterocycles. The van der Waals surface area contributed by atoms with Crippen molar-refractivity contribution in [3.63, 3.8) is 0 Å². The predicted molar refractivity (Wildman–Crippen MR) is 148 cm³/mol. The molecule has 41 heavy (non-hydrogen) atoms. The van der Waals surface area contributed by atoms with E-state index in [4.69, 9.17) is 27.9 Å². The average molecular weight is 598 g/mol. The first kappa shape index (κ1) is 30.8. The summed E-state index contributed by atoms with van der Waals surface area (Å²) in [6, 6.07) is 3.19. The van der Waals surface area contributed by atoms with Crippen molar-refractivity contribution in [3.05, 3.63) is 39.7 Å². The minimum Gasteiger partial charge on any atom is -0.487 e. The number of rotatable bonds is 9. The van der Waals surface area contributed by atoms with Gasteiger partial charge in [-0.2, -0.15) is 0 Å². The SMILES string of the molecule is CC[C@]1(C(=O)O)CCCC[C@H]1C(=O)N1CCc2c(Cl)ccc(OC/C(N)=C(\C(F)F)N(C)N)c2C1N1CCCC1=O. The maximum atomic E-state index is 14.3. The molecule has 1 saturated carbocycles. The highest BCUT2D eigenvalue weighted by molar-refractivity contribution is 6.31. The van der Waals surface area contributed by atoms with Crippen molar-refractivity contribution in [1.82, 2.24) is 14.8 Å². The van der Waals surface area contributed by atoms with E-state index >= 15 is 0 Å². The van der Waals surface area contributed by atoms with E-state index in [1.165, 1.54) is 7.05 Å². The fraction of sp³-hybridized carbons (Fsp3) is 0.607. The van der Waals surface area contributed by atoms with Crippen LogP contribution in [0.3, 0.4) is 0 Å². The first-order chi connectivity index (χ1) is 19.4. The lowest BCUT2D eigenvalue weighted by Gasteiger charge is -2.47. The van der Waals surface area contributed by atoms with Crippen LogP contribution in [0.5, 0.6) is 5.75 Å². The molecule has 2 amide bonds. The van der Waals surface area contributed by atoms with Crippen molar-refractivity contribution in [2.45, 2.75) is 70.9 Å². The van der Waals surface area contributed by atoms with Crippen molar-refractivity contribution in [1.29, 1.82) is 0 Å². The van der Waals surface area contributed by atoms with Gasteiger partial charge in [0.1, 0.15) is 24.2 Å². The van der Waals surface area contributed by atoms with E-state index in [-0.39, 0.29) is 29.8 Å². The number of halogens is 3. The van der Waals surface area contributed by atoms with E-state index < -0.39 is 42.2 Å². The Hall–Kier alpha value is -3.12. The number of hydrazine groups is 1. The number of likely N-dealkylation sites (tertiary alicyclic amines) is 1. The van der Waals surface area contributed by atoms with Gasteiger partial charge in [-0.3, -0.25) is 14.4 Å². The zero-order valence-electron chi connectivity index (χ0n) is 23.4. The fourth-order valence-electron chi connectivity index (χ4n) is 6.65. The van der Waals surface area contributed by atoms with Crippen LogP contribution in [0.4, 0.5) is 8.78 Å². The fourth-order valence-corrected chi connectivity index (χ4v) is 6.91. The summed E-state index contributed by atoms with van der Waals surface area (Å²) in [6.45, 7) is 1.99. The number of ether oxygens (including phenoxy) is 1. The molecule has 1 unspecified atom stereocenters. The van der Waals surface area contributed by atoms with Gasteiger partial charge in [0.25, 0.3) is 6.43 Å². The molecule has 13 heteroatoms. The Morgan fingerprint density at radius 1 is 1.24 bits per heavy atom. The summed E-state index contributed by atoms with van der Waals surface area (Å²) in [7, 11) is 1.25. The van der Waals surface area contributed by atoms with E-state index in [1.54, 1.807) is 28.9 Å². The molecule has 1 aliphatic carbocycles. The largest absolute Gasteiger partial charge is 0.487 e. The smallest absolute Gasteiger partial charge is 0.310 e. The zero-order chi connectivity index (χ0) is 30.1. The van der Waals surface area contributed by atoms with Crippen LogP contribution in [0, 0.1) is 11.3 Å². The lowest BCUT2D eigenvalue weighted by Crippen LogP contribution is -2.55. The third kappa shape index (κ3) is 5.68. The summed E-state index contributed by atoms with van der Waals surface area (Å²) in [5.74, 6) is 3.58. The van der Waals surface area contributed by atoms with Crippen molar-refractivity contribution in [2.75, 3.05) is 26.7 Å². The molecule has 1 aromatic carbocycles. The predicted octanol–water partition coefficient (Wildman–Crippen LogP) is 3.64. The molecule has 2 fully saturated rings. The highest BCUT2D eigenvalue weighted by Crippen LogP contribution is 2.49. The Balaban J connectivity index is 1.79. The molecule has 0 spiro atoms. The third-order valence-corrected chi connectivity index (χ3v) is 9.14. The van der Waals surface area contributed by atoms with Gasteiger partial charge in [-0.25, -0.2) is 14.6 Å². The number of carboxylic acid groups (broad SMARTS) is 1. The maximum absolute atomic E-state index is 14.3. The molecule has 2 aliphatic heterocycles. The van der Waals surface area contributed by atoms with Crippen LogP contribution in [-0.2, 0) is 20.8 Å². The number of amides is 2. The number of alkyl halides is 2. The first-order valence-electron chi connectivity index (χ1n) is 14.0. The number of fused-ring (bicyclic) bond motifs is 1.